The van der Waals surface area contributed by atoms with Crippen molar-refractivity contribution in [1.29, 1.82) is 0 Å². The molecule has 0 N–H and O–H groups in total. The Morgan fingerprint density at radius 2 is 1.94 bits per heavy atom. The topological polar surface area (TPSA) is 22.1 Å². The van der Waals surface area contributed by atoms with Crippen LogP contribution in [0.15, 0.2) is 18.2 Å². The normalized spacial score (nSPS) is 11.6. The highest BCUT2D eigenvalue weighted by molar-refractivity contribution is 7.19. The molecule has 0 atom stereocenters. The molecule has 16 heavy (non-hydrogen) atoms. The second-order valence-corrected chi connectivity index (χ2v) is 3.87. The second-order valence-electron chi connectivity index (χ2n) is 2.84. The van der Waals surface area contributed by atoms with Crippen LogP contribution in [0.2, 0.25) is 0 Å². The molecule has 0 saturated carbocycles. The first-order valence-electron chi connectivity index (χ1n) is 4.20. The standard InChI is InChI=1S/C9H5F4NOS/c10-7(11)8-14-4-2-1-3-5(6(4)16-8)15-9(12)13/h1-3,7,9H. The van der Waals surface area contributed by atoms with Crippen molar-refractivity contribution in [1.82, 2.24) is 4.98 Å². The van der Waals surface area contributed by atoms with Crippen molar-refractivity contribution in [2.24, 2.45) is 0 Å². The monoisotopic (exact) mass is 251 g/mol. The maximum absolute atomic E-state index is 12.4. The Bertz CT molecular complexity index is 499. The fourth-order valence-corrected chi connectivity index (χ4v) is 2.10. The summed E-state index contributed by atoms with van der Waals surface area (Å²) in [6.07, 6.45) is -2.71. The fraction of sp³-hybridized carbons (Fsp3) is 0.222. The molecule has 86 valence electrons. The Kier molecular flexibility index (Phi) is 2.95. The predicted octanol–water partition coefficient (Wildman–Crippen LogP) is 3.84. The van der Waals surface area contributed by atoms with E-state index in [1.54, 1.807) is 0 Å². The number of hydrogen-bond donors (Lipinski definition) is 0. The average molecular weight is 251 g/mol. The SMILES string of the molecule is FC(F)Oc1cccc2nc(C(F)F)sc12. The Hall–Kier alpha value is -1.37. The van der Waals surface area contributed by atoms with E-state index in [1.165, 1.54) is 18.2 Å². The van der Waals surface area contributed by atoms with Crippen molar-refractivity contribution in [3.05, 3.63) is 23.2 Å². The lowest BCUT2D eigenvalue weighted by Gasteiger charge is -2.03. The van der Waals surface area contributed by atoms with Gasteiger partial charge in [0.1, 0.15) is 5.75 Å². The highest BCUT2D eigenvalue weighted by atomic mass is 32.1. The Balaban J connectivity index is 2.50. The smallest absolute Gasteiger partial charge is 0.387 e. The van der Waals surface area contributed by atoms with E-state index in [0.29, 0.717) is 11.3 Å². The number of thiazole rings is 1. The van der Waals surface area contributed by atoms with Crippen molar-refractivity contribution in [3.63, 3.8) is 0 Å². The van der Waals surface area contributed by atoms with Gasteiger partial charge in [0.15, 0.2) is 5.01 Å². The van der Waals surface area contributed by atoms with Gasteiger partial charge in [-0.1, -0.05) is 6.07 Å². The minimum atomic E-state index is -2.98. The van der Waals surface area contributed by atoms with Gasteiger partial charge in [0.05, 0.1) is 10.2 Å². The van der Waals surface area contributed by atoms with Gasteiger partial charge in [-0.25, -0.2) is 13.8 Å². The Morgan fingerprint density at radius 1 is 1.19 bits per heavy atom. The van der Waals surface area contributed by atoms with Gasteiger partial charge in [0.25, 0.3) is 6.43 Å². The van der Waals surface area contributed by atoms with Gasteiger partial charge >= 0.3 is 6.61 Å². The number of hydrogen-bond acceptors (Lipinski definition) is 3. The van der Waals surface area contributed by atoms with Gasteiger partial charge < -0.3 is 4.74 Å². The first-order chi connectivity index (χ1) is 7.58. The van der Waals surface area contributed by atoms with Crippen molar-refractivity contribution in [3.8, 4) is 5.75 Å². The summed E-state index contributed by atoms with van der Waals surface area (Å²) >= 11 is 0.655. The molecule has 2 aromatic rings. The number of nitrogens with zero attached hydrogens (tertiary/aromatic N) is 1. The van der Waals surface area contributed by atoms with Crippen LogP contribution in [0.4, 0.5) is 17.6 Å². The maximum Gasteiger partial charge on any atom is 0.387 e. The van der Waals surface area contributed by atoms with Crippen LogP contribution >= 0.6 is 11.3 Å². The quantitative estimate of drug-likeness (QED) is 0.773. The molecule has 1 aromatic heterocycles. The fourth-order valence-electron chi connectivity index (χ4n) is 1.22. The molecule has 0 unspecified atom stereocenters. The molecule has 0 saturated heterocycles. The molecule has 1 heterocycles. The van der Waals surface area contributed by atoms with Gasteiger partial charge in [0.2, 0.25) is 0 Å². The van der Waals surface area contributed by atoms with E-state index in [-0.39, 0.29) is 16.0 Å². The zero-order valence-corrected chi connectivity index (χ0v) is 8.48. The number of benzene rings is 1. The summed E-state index contributed by atoms with van der Waals surface area (Å²) < 4.78 is 53.2. The van der Waals surface area contributed by atoms with E-state index in [1.807, 2.05) is 0 Å². The molecule has 7 heteroatoms. The highest BCUT2D eigenvalue weighted by Gasteiger charge is 2.17. The zero-order chi connectivity index (χ0) is 11.7. The lowest BCUT2D eigenvalue weighted by Crippen LogP contribution is -2.01. The second kappa shape index (κ2) is 4.25. The minimum Gasteiger partial charge on any atom is -0.433 e. The first-order valence-corrected chi connectivity index (χ1v) is 5.02. The molecule has 1 aromatic carbocycles. The van der Waals surface area contributed by atoms with Crippen molar-refractivity contribution >= 4 is 21.6 Å². The molecule has 0 spiro atoms. The Labute approximate surface area is 91.5 Å². The zero-order valence-electron chi connectivity index (χ0n) is 7.66. The molecule has 2 rings (SSSR count). The molecule has 0 aliphatic rings. The first kappa shape index (κ1) is 11.1. The molecule has 0 fully saturated rings. The lowest BCUT2D eigenvalue weighted by atomic mass is 10.3. The highest BCUT2D eigenvalue weighted by Crippen LogP contribution is 2.35. The molecular weight excluding hydrogens is 246 g/mol. The number of aromatic nitrogens is 1. The summed E-state index contributed by atoms with van der Waals surface area (Å²) in [5.41, 5.74) is 0.235. The number of alkyl halides is 4. The molecule has 2 nitrogen and oxygen atoms in total. The lowest BCUT2D eigenvalue weighted by molar-refractivity contribution is -0.0486. The minimum absolute atomic E-state index is 0.128. The van der Waals surface area contributed by atoms with Crippen LogP contribution < -0.4 is 4.74 Å². The van der Waals surface area contributed by atoms with Crippen LogP contribution in [0.3, 0.4) is 0 Å². The molecule has 0 aliphatic heterocycles. The molecule has 0 bridgehead atoms. The van der Waals surface area contributed by atoms with Crippen molar-refractivity contribution in [2.45, 2.75) is 13.0 Å². The van der Waals surface area contributed by atoms with Gasteiger partial charge in [-0.2, -0.15) is 8.78 Å². The average Bonchev–Trinajstić information content (AvgIpc) is 2.61. The number of halogens is 4. The predicted molar refractivity (Wildman–Crippen MR) is 51.2 cm³/mol. The van der Waals surface area contributed by atoms with Crippen LogP contribution in [-0.2, 0) is 0 Å². The van der Waals surface area contributed by atoms with E-state index in [2.05, 4.69) is 9.72 Å². The molecule has 0 amide bonds. The van der Waals surface area contributed by atoms with E-state index < -0.39 is 18.0 Å². The third kappa shape index (κ3) is 2.08. The maximum atomic E-state index is 12.4. The van der Waals surface area contributed by atoms with Crippen LogP contribution in [0.5, 0.6) is 5.75 Å². The summed E-state index contributed by atoms with van der Waals surface area (Å²) in [5.74, 6) is -0.128. The van der Waals surface area contributed by atoms with E-state index in [9.17, 15) is 17.6 Å². The molecule has 0 radical (unpaired) electrons. The van der Waals surface area contributed by atoms with Crippen LogP contribution in [0, 0.1) is 0 Å². The van der Waals surface area contributed by atoms with E-state index in [4.69, 9.17) is 0 Å². The summed E-state index contributed by atoms with van der Waals surface area (Å²) in [7, 11) is 0. The third-order valence-electron chi connectivity index (χ3n) is 1.80. The number of ether oxygens (including phenoxy) is 1. The van der Waals surface area contributed by atoms with Crippen LogP contribution in [0.1, 0.15) is 11.4 Å². The summed E-state index contributed by atoms with van der Waals surface area (Å²) in [6, 6.07) is 4.19. The van der Waals surface area contributed by atoms with E-state index >= 15 is 0 Å². The van der Waals surface area contributed by atoms with Gasteiger partial charge in [-0.15, -0.1) is 11.3 Å². The van der Waals surface area contributed by atoms with E-state index in [0.717, 1.165) is 0 Å². The summed E-state index contributed by atoms with van der Waals surface area (Å²) in [6.45, 7) is -2.98. The van der Waals surface area contributed by atoms with Crippen LogP contribution in [-0.4, -0.2) is 11.6 Å². The van der Waals surface area contributed by atoms with Gasteiger partial charge in [-0.3, -0.25) is 0 Å². The van der Waals surface area contributed by atoms with Gasteiger partial charge in [-0.05, 0) is 12.1 Å². The molecular formula is C9H5F4NOS. The third-order valence-corrected chi connectivity index (χ3v) is 2.89. The molecule has 0 aliphatic carbocycles. The summed E-state index contributed by atoms with van der Waals surface area (Å²) in [4.78, 5) is 3.62. The van der Waals surface area contributed by atoms with Gasteiger partial charge in [0, 0.05) is 0 Å². The van der Waals surface area contributed by atoms with Crippen molar-refractivity contribution < 1.29 is 22.3 Å². The van der Waals surface area contributed by atoms with Crippen molar-refractivity contribution in [2.75, 3.05) is 0 Å². The van der Waals surface area contributed by atoms with Crippen LogP contribution in [0.25, 0.3) is 10.2 Å². The largest absolute Gasteiger partial charge is 0.433 e. The number of rotatable bonds is 3. The Morgan fingerprint density at radius 3 is 2.56 bits per heavy atom. The summed E-state index contributed by atoms with van der Waals surface area (Å²) in [5, 5.41) is -0.402. The number of fused-ring (bicyclic) bond motifs is 1.